The summed E-state index contributed by atoms with van der Waals surface area (Å²) < 4.78 is 10.8. The van der Waals surface area contributed by atoms with Crippen molar-refractivity contribution in [2.75, 3.05) is 14.1 Å². The van der Waals surface area contributed by atoms with E-state index in [1.807, 2.05) is 18.8 Å². The quantitative estimate of drug-likeness (QED) is 0.428. The highest BCUT2D eigenvalue weighted by Gasteiger charge is 2.00. The van der Waals surface area contributed by atoms with Gasteiger partial charge in [0, 0.05) is 0 Å². The molecule has 9 heavy (non-hydrogen) atoms. The van der Waals surface area contributed by atoms with Crippen molar-refractivity contribution in [1.82, 2.24) is 4.67 Å². The fourth-order valence-corrected chi connectivity index (χ4v) is 0. The predicted molar refractivity (Wildman–Crippen MR) is 37.7 cm³/mol. The Morgan fingerprint density at radius 1 is 1.33 bits per heavy atom. The third-order valence-corrected chi connectivity index (χ3v) is 0. The molecule has 0 aromatic carbocycles. The van der Waals surface area contributed by atoms with E-state index in [2.05, 4.69) is 9.39 Å². The predicted octanol–water partition coefficient (Wildman–Crippen LogP) is -0.591. The summed E-state index contributed by atoms with van der Waals surface area (Å²) in [5.41, 5.74) is 0. The monoisotopic (exact) mass is 175 g/mol. The molecule has 58 valence electrons. The minimum Gasteiger partial charge on any atom is -0.303 e. The Kier molecular flexibility index (Phi) is 7.18. The molecule has 3 N–H and O–H groups in total. The van der Waals surface area contributed by atoms with Crippen LogP contribution >= 0.6 is 17.2 Å². The zero-order valence-electron chi connectivity index (χ0n) is 5.22. The van der Waals surface area contributed by atoms with Gasteiger partial charge in [-0.1, -0.05) is 9.39 Å². The molecule has 5 nitrogen and oxygen atoms in total. The lowest BCUT2D eigenvalue weighted by Crippen LogP contribution is -1.88. The second kappa shape index (κ2) is 5.30. The van der Waals surface area contributed by atoms with Crippen LogP contribution in [-0.4, -0.2) is 33.4 Å². The normalized spacial score (nSPS) is 10.6. The first-order chi connectivity index (χ1) is 3.73. The number of phosphoric acid groups is 1. The van der Waals surface area contributed by atoms with E-state index in [9.17, 15) is 0 Å². The second-order valence-electron chi connectivity index (χ2n) is 1.48. The van der Waals surface area contributed by atoms with Gasteiger partial charge in [0.15, 0.2) is 0 Å². The van der Waals surface area contributed by atoms with Crippen LogP contribution in [0.25, 0.3) is 0 Å². The first-order valence-corrected chi connectivity index (χ1v) is 4.02. The average Bonchev–Trinajstić information content (AvgIpc) is 1.19. The summed E-state index contributed by atoms with van der Waals surface area (Å²) >= 11 is 0. The lowest BCUT2D eigenvalue weighted by Gasteiger charge is -1.90. The van der Waals surface area contributed by atoms with Crippen LogP contribution in [0.1, 0.15) is 0 Å². The van der Waals surface area contributed by atoms with E-state index in [1.165, 1.54) is 0 Å². The van der Waals surface area contributed by atoms with Gasteiger partial charge in [-0.05, 0) is 14.1 Å². The van der Waals surface area contributed by atoms with E-state index in [1.54, 1.807) is 0 Å². The Morgan fingerprint density at radius 2 is 1.33 bits per heavy atom. The minimum absolute atomic E-state index is 1.92. The van der Waals surface area contributed by atoms with Crippen LogP contribution in [0.4, 0.5) is 0 Å². The van der Waals surface area contributed by atoms with Crippen molar-refractivity contribution in [2.24, 2.45) is 0 Å². The third-order valence-electron chi connectivity index (χ3n) is 0. The van der Waals surface area contributed by atoms with E-state index in [4.69, 9.17) is 19.2 Å². The highest BCUT2D eigenvalue weighted by Crippen LogP contribution is 2.25. The van der Waals surface area contributed by atoms with Crippen LogP contribution < -0.4 is 0 Å². The molecule has 0 radical (unpaired) electrons. The van der Waals surface area contributed by atoms with E-state index in [0.29, 0.717) is 0 Å². The molecular formula is C2H11NO4P2. The fraction of sp³-hybridized carbons (Fsp3) is 1.00. The minimum atomic E-state index is -4.64. The maximum absolute atomic E-state index is 8.88. The lowest BCUT2D eigenvalue weighted by atomic mass is 11.3. The van der Waals surface area contributed by atoms with Crippen molar-refractivity contribution in [3.05, 3.63) is 0 Å². The number of rotatable bonds is 0. The van der Waals surface area contributed by atoms with Gasteiger partial charge in [-0.3, -0.25) is 4.67 Å². The summed E-state index contributed by atoms with van der Waals surface area (Å²) in [4.78, 5) is 21.6. The van der Waals surface area contributed by atoms with Gasteiger partial charge < -0.3 is 14.7 Å². The first-order valence-electron chi connectivity index (χ1n) is 1.94. The number of hydrogen-bond acceptors (Lipinski definition) is 2. The molecule has 0 fully saturated rings. The Hall–Kier alpha value is 0.500. The SMILES string of the molecule is CN(C)P.O=P(O)(O)O. The van der Waals surface area contributed by atoms with Gasteiger partial charge in [-0.2, -0.15) is 0 Å². The van der Waals surface area contributed by atoms with Gasteiger partial charge in [0.25, 0.3) is 0 Å². The summed E-state index contributed by atoms with van der Waals surface area (Å²) in [6.07, 6.45) is 0. The molecule has 0 spiro atoms. The van der Waals surface area contributed by atoms with Gasteiger partial charge in [0.1, 0.15) is 0 Å². The molecule has 0 aliphatic carbocycles. The molecular weight excluding hydrogens is 164 g/mol. The zero-order valence-corrected chi connectivity index (χ0v) is 7.27. The standard InChI is InChI=1S/C2H8NP.H3O4P/c1-3(2)4;1-5(2,3)4/h4H2,1-2H3;(H3,1,2,3,4). The average molecular weight is 175 g/mol. The van der Waals surface area contributed by atoms with Gasteiger partial charge in [0.05, 0.1) is 0 Å². The van der Waals surface area contributed by atoms with Crippen molar-refractivity contribution in [1.29, 1.82) is 0 Å². The molecule has 1 unspecified atom stereocenters. The molecule has 0 aliphatic heterocycles. The summed E-state index contributed by atoms with van der Waals surface area (Å²) in [7, 11) is 1.78. The first kappa shape index (κ1) is 12.2. The Balaban J connectivity index is 0. The highest BCUT2D eigenvalue weighted by molar-refractivity contribution is 7.45. The zero-order chi connectivity index (χ0) is 8.08. The molecule has 0 saturated heterocycles. The summed E-state index contributed by atoms with van der Waals surface area (Å²) in [5.74, 6) is 0. The van der Waals surface area contributed by atoms with E-state index >= 15 is 0 Å². The van der Waals surface area contributed by atoms with Crippen LogP contribution in [0.5, 0.6) is 0 Å². The van der Waals surface area contributed by atoms with Crippen molar-refractivity contribution in [3.8, 4) is 0 Å². The molecule has 7 heteroatoms. The number of hydrogen-bond donors (Lipinski definition) is 3. The lowest BCUT2D eigenvalue weighted by molar-refractivity contribution is 0.275. The van der Waals surface area contributed by atoms with Gasteiger partial charge >= 0.3 is 7.82 Å². The largest absolute Gasteiger partial charge is 0.466 e. The smallest absolute Gasteiger partial charge is 0.303 e. The van der Waals surface area contributed by atoms with Crippen molar-refractivity contribution in [2.45, 2.75) is 0 Å². The van der Waals surface area contributed by atoms with Crippen LogP contribution in [0.3, 0.4) is 0 Å². The summed E-state index contributed by atoms with van der Waals surface area (Å²) in [5, 5.41) is 0. The fourth-order valence-electron chi connectivity index (χ4n) is 0. The molecule has 1 atom stereocenters. The van der Waals surface area contributed by atoms with Gasteiger partial charge in [0.2, 0.25) is 0 Å². The molecule has 0 saturated carbocycles. The van der Waals surface area contributed by atoms with E-state index in [-0.39, 0.29) is 0 Å². The summed E-state index contributed by atoms with van der Waals surface area (Å²) in [6.45, 7) is 0. The van der Waals surface area contributed by atoms with E-state index in [0.717, 1.165) is 0 Å². The second-order valence-corrected chi connectivity index (χ2v) is 3.54. The molecule has 0 aromatic rings. The molecule has 0 aromatic heterocycles. The Bertz CT molecular complexity index is 87.7. The Labute approximate surface area is 56.2 Å². The molecule has 0 rings (SSSR count). The maximum atomic E-state index is 8.88. The van der Waals surface area contributed by atoms with Crippen LogP contribution in [0.2, 0.25) is 0 Å². The van der Waals surface area contributed by atoms with Crippen LogP contribution in [-0.2, 0) is 4.57 Å². The molecule has 0 heterocycles. The number of nitrogens with zero attached hydrogens (tertiary/aromatic N) is 1. The topological polar surface area (TPSA) is 81.0 Å². The third kappa shape index (κ3) is 1440. The molecule has 0 amide bonds. The van der Waals surface area contributed by atoms with Crippen molar-refractivity contribution < 1.29 is 19.2 Å². The van der Waals surface area contributed by atoms with Gasteiger partial charge in [-0.15, -0.1) is 0 Å². The van der Waals surface area contributed by atoms with Crippen molar-refractivity contribution in [3.63, 3.8) is 0 Å². The Morgan fingerprint density at radius 3 is 1.33 bits per heavy atom. The molecule has 0 bridgehead atoms. The van der Waals surface area contributed by atoms with Gasteiger partial charge in [-0.25, -0.2) is 4.57 Å². The summed E-state index contributed by atoms with van der Waals surface area (Å²) in [6, 6.07) is 0. The van der Waals surface area contributed by atoms with E-state index < -0.39 is 7.82 Å². The maximum Gasteiger partial charge on any atom is 0.466 e. The molecule has 0 aliphatic rings. The van der Waals surface area contributed by atoms with Crippen LogP contribution in [0.15, 0.2) is 0 Å². The van der Waals surface area contributed by atoms with Crippen molar-refractivity contribution >= 4 is 17.2 Å². The van der Waals surface area contributed by atoms with Crippen LogP contribution in [0, 0.1) is 0 Å². The highest BCUT2D eigenvalue weighted by atomic mass is 31.2.